The van der Waals surface area contributed by atoms with Gasteiger partial charge in [-0.15, -0.1) is 0 Å². The van der Waals surface area contributed by atoms with E-state index in [1.54, 1.807) is 6.92 Å². The zero-order valence-corrected chi connectivity index (χ0v) is 18.3. The molecular weight excluding hydrogens is 424 g/mol. The Labute approximate surface area is 180 Å². The van der Waals surface area contributed by atoms with E-state index in [2.05, 4.69) is 15.3 Å². The average molecular weight is 451 g/mol. The van der Waals surface area contributed by atoms with Crippen molar-refractivity contribution in [3.05, 3.63) is 39.8 Å². The molecule has 0 bridgehead atoms. The average Bonchev–Trinajstić information content (AvgIpc) is 2.75. The first-order valence-corrected chi connectivity index (χ1v) is 11.6. The summed E-state index contributed by atoms with van der Waals surface area (Å²) < 4.78 is 29.4. The van der Waals surface area contributed by atoms with Gasteiger partial charge in [0.1, 0.15) is 5.75 Å². The van der Waals surface area contributed by atoms with Gasteiger partial charge in [0.05, 0.1) is 29.5 Å². The first kappa shape index (κ1) is 22.8. The number of aromatic hydroxyl groups is 1. The number of aromatic amines is 1. The van der Waals surface area contributed by atoms with Crippen molar-refractivity contribution < 1.29 is 23.1 Å². The number of ether oxygens (including phenoxy) is 1. The summed E-state index contributed by atoms with van der Waals surface area (Å²) in [6.45, 7) is 5.65. The third-order valence-corrected chi connectivity index (χ3v) is 6.84. The fourth-order valence-corrected chi connectivity index (χ4v) is 4.15. The first-order chi connectivity index (χ1) is 14.7. The molecule has 1 aromatic heterocycles. The maximum absolute atomic E-state index is 12.5. The maximum atomic E-state index is 12.5. The lowest BCUT2D eigenvalue weighted by molar-refractivity contribution is -0.116. The fraction of sp³-hybridized carbons (Fsp3) is 0.450. The van der Waals surface area contributed by atoms with Gasteiger partial charge in [-0.25, -0.2) is 13.4 Å². The molecule has 2 aromatic rings. The molecule has 1 aliphatic heterocycles. The Morgan fingerprint density at radius 2 is 2.03 bits per heavy atom. The molecule has 1 aromatic carbocycles. The molecule has 1 amide bonds. The van der Waals surface area contributed by atoms with Crippen LogP contribution < -0.4 is 15.8 Å². The van der Waals surface area contributed by atoms with Crippen molar-refractivity contribution in [3.8, 4) is 5.75 Å². The summed E-state index contributed by atoms with van der Waals surface area (Å²) in [7, 11) is -3.48. The summed E-state index contributed by atoms with van der Waals surface area (Å²) in [6, 6.07) is 3.73. The standard InChI is InChI=1S/C20H26N4O6S/c1-3-31(28,29)14-4-6-17(25)16(12-14)22-18(26)7-5-15-13(2)21-20(23-19(15)27)24-8-10-30-11-9-24/h4,6,12,25H,3,5,7-11H2,1-2H3,(H,22,26)(H,21,23,27). The van der Waals surface area contributed by atoms with Crippen LogP contribution >= 0.6 is 0 Å². The Morgan fingerprint density at radius 1 is 1.32 bits per heavy atom. The number of rotatable bonds is 7. The summed E-state index contributed by atoms with van der Waals surface area (Å²) in [5.74, 6) is -0.315. The number of carbonyl (C=O) groups is 1. The van der Waals surface area contributed by atoms with E-state index >= 15 is 0 Å². The molecule has 0 atom stereocenters. The van der Waals surface area contributed by atoms with Crippen LogP contribution in [0.1, 0.15) is 24.6 Å². The number of morpholine rings is 1. The zero-order chi connectivity index (χ0) is 22.6. The SMILES string of the molecule is CCS(=O)(=O)c1ccc(O)c(NC(=O)CCc2c(C)nc(N3CCOCC3)[nH]c2=O)c1. The molecule has 2 heterocycles. The number of hydrogen-bond donors (Lipinski definition) is 3. The number of aryl methyl sites for hydroxylation is 1. The second-order valence-electron chi connectivity index (χ2n) is 7.18. The number of phenolic OH excluding ortho intramolecular Hbond substituents is 1. The normalized spacial score (nSPS) is 14.5. The number of aromatic nitrogens is 2. The van der Waals surface area contributed by atoms with Crippen LogP contribution in [0.15, 0.2) is 27.9 Å². The largest absolute Gasteiger partial charge is 0.506 e. The Hall–Kier alpha value is -2.92. The van der Waals surface area contributed by atoms with E-state index in [4.69, 9.17) is 4.74 Å². The minimum absolute atomic E-state index is 0.00551. The highest BCUT2D eigenvalue weighted by Gasteiger charge is 2.18. The second-order valence-corrected chi connectivity index (χ2v) is 9.46. The van der Waals surface area contributed by atoms with Crippen molar-refractivity contribution in [2.45, 2.75) is 31.6 Å². The molecule has 0 unspecified atom stereocenters. The van der Waals surface area contributed by atoms with E-state index < -0.39 is 15.7 Å². The molecular formula is C20H26N4O6S. The Balaban J connectivity index is 1.69. The Bertz CT molecular complexity index is 1120. The van der Waals surface area contributed by atoms with Crippen LogP contribution in [0.25, 0.3) is 0 Å². The van der Waals surface area contributed by atoms with Gasteiger partial charge in [-0.2, -0.15) is 0 Å². The molecule has 168 valence electrons. The minimum atomic E-state index is -3.48. The zero-order valence-electron chi connectivity index (χ0n) is 17.5. The van der Waals surface area contributed by atoms with Crippen LogP contribution in [0.2, 0.25) is 0 Å². The van der Waals surface area contributed by atoms with Gasteiger partial charge in [0.15, 0.2) is 9.84 Å². The van der Waals surface area contributed by atoms with Crippen molar-refractivity contribution in [3.63, 3.8) is 0 Å². The molecule has 3 N–H and O–H groups in total. The number of hydrogen-bond acceptors (Lipinski definition) is 8. The number of benzene rings is 1. The van der Waals surface area contributed by atoms with E-state index in [1.165, 1.54) is 25.1 Å². The molecule has 3 rings (SSSR count). The van der Waals surface area contributed by atoms with Gasteiger partial charge < -0.3 is 20.1 Å². The number of phenols is 1. The van der Waals surface area contributed by atoms with Crippen LogP contribution in [0.4, 0.5) is 11.6 Å². The van der Waals surface area contributed by atoms with Gasteiger partial charge in [0, 0.05) is 30.8 Å². The molecule has 0 radical (unpaired) electrons. The Morgan fingerprint density at radius 3 is 2.68 bits per heavy atom. The maximum Gasteiger partial charge on any atom is 0.255 e. The second kappa shape index (κ2) is 9.48. The van der Waals surface area contributed by atoms with Crippen LogP contribution in [-0.2, 0) is 25.8 Å². The van der Waals surface area contributed by atoms with Crippen LogP contribution in [0.3, 0.4) is 0 Å². The lowest BCUT2D eigenvalue weighted by Crippen LogP contribution is -2.38. The molecule has 0 saturated carbocycles. The number of carbonyl (C=O) groups excluding carboxylic acids is 1. The highest BCUT2D eigenvalue weighted by molar-refractivity contribution is 7.91. The molecule has 0 aliphatic carbocycles. The summed E-state index contributed by atoms with van der Waals surface area (Å²) in [6.07, 6.45) is 0.115. The van der Waals surface area contributed by atoms with Gasteiger partial charge >= 0.3 is 0 Å². The topological polar surface area (TPSA) is 142 Å². The highest BCUT2D eigenvalue weighted by atomic mass is 32.2. The quantitative estimate of drug-likeness (QED) is 0.530. The summed E-state index contributed by atoms with van der Waals surface area (Å²) >= 11 is 0. The third kappa shape index (κ3) is 5.42. The summed E-state index contributed by atoms with van der Waals surface area (Å²) in [4.78, 5) is 34.1. The Kier molecular flexibility index (Phi) is 6.96. The van der Waals surface area contributed by atoms with Gasteiger partial charge in [-0.3, -0.25) is 14.6 Å². The molecule has 1 fully saturated rings. The van der Waals surface area contributed by atoms with Crippen LogP contribution in [-0.4, -0.2) is 61.5 Å². The number of anilines is 2. The number of sulfone groups is 1. The first-order valence-electron chi connectivity index (χ1n) is 9.99. The number of H-pyrrole nitrogens is 1. The van der Waals surface area contributed by atoms with Crippen LogP contribution in [0.5, 0.6) is 5.75 Å². The van der Waals surface area contributed by atoms with Crippen molar-refractivity contribution in [2.24, 2.45) is 0 Å². The van der Waals surface area contributed by atoms with E-state index in [1.807, 2.05) is 4.90 Å². The van der Waals surface area contributed by atoms with E-state index in [-0.39, 0.29) is 40.5 Å². The monoisotopic (exact) mass is 450 g/mol. The smallest absolute Gasteiger partial charge is 0.255 e. The van der Waals surface area contributed by atoms with Gasteiger partial charge in [0.2, 0.25) is 11.9 Å². The lowest BCUT2D eigenvalue weighted by atomic mass is 10.1. The van der Waals surface area contributed by atoms with Crippen LogP contribution in [0, 0.1) is 6.92 Å². The van der Waals surface area contributed by atoms with E-state index in [9.17, 15) is 23.1 Å². The fourth-order valence-electron chi connectivity index (χ4n) is 3.24. The van der Waals surface area contributed by atoms with E-state index in [0.29, 0.717) is 43.5 Å². The predicted molar refractivity (Wildman–Crippen MR) is 115 cm³/mol. The molecule has 31 heavy (non-hydrogen) atoms. The molecule has 10 nitrogen and oxygen atoms in total. The van der Waals surface area contributed by atoms with E-state index in [0.717, 1.165) is 0 Å². The molecule has 1 aliphatic rings. The van der Waals surface area contributed by atoms with Crippen molar-refractivity contribution in [2.75, 3.05) is 42.3 Å². The molecule has 1 saturated heterocycles. The number of nitrogens with one attached hydrogen (secondary N) is 2. The highest BCUT2D eigenvalue weighted by Crippen LogP contribution is 2.27. The molecule has 0 spiro atoms. The number of amides is 1. The van der Waals surface area contributed by atoms with Gasteiger partial charge in [0.25, 0.3) is 5.56 Å². The summed E-state index contributed by atoms with van der Waals surface area (Å²) in [5.41, 5.74) is 0.641. The minimum Gasteiger partial charge on any atom is -0.506 e. The lowest BCUT2D eigenvalue weighted by Gasteiger charge is -2.27. The van der Waals surface area contributed by atoms with Crippen molar-refractivity contribution in [1.29, 1.82) is 0 Å². The van der Waals surface area contributed by atoms with Crippen molar-refractivity contribution in [1.82, 2.24) is 9.97 Å². The molecule has 11 heteroatoms. The summed E-state index contributed by atoms with van der Waals surface area (Å²) in [5, 5.41) is 12.5. The number of nitrogens with zero attached hydrogens (tertiary/aromatic N) is 2. The van der Waals surface area contributed by atoms with Gasteiger partial charge in [-0.1, -0.05) is 6.92 Å². The predicted octanol–water partition coefficient (Wildman–Crippen LogP) is 0.985. The third-order valence-electron chi connectivity index (χ3n) is 5.10. The van der Waals surface area contributed by atoms with Crippen molar-refractivity contribution >= 4 is 27.4 Å². The van der Waals surface area contributed by atoms with Gasteiger partial charge in [-0.05, 0) is 31.5 Å².